The Labute approximate surface area is 93.8 Å². The van der Waals surface area contributed by atoms with E-state index in [1.807, 2.05) is 17.6 Å². The quantitative estimate of drug-likeness (QED) is 0.769. The van der Waals surface area contributed by atoms with Crippen molar-refractivity contribution in [3.05, 3.63) is 41.5 Å². The fraction of sp³-hybridized carbons (Fsp3) is 0.273. The molecule has 0 aromatic carbocycles. The number of rotatable bonds is 2. The molecule has 0 amide bonds. The number of hydrogen-bond acceptors (Lipinski definition) is 2. The fourth-order valence-electron chi connectivity index (χ4n) is 1.86. The third kappa shape index (κ3) is 1.53. The van der Waals surface area contributed by atoms with Crippen LogP contribution in [0.2, 0.25) is 0 Å². The van der Waals surface area contributed by atoms with E-state index in [1.54, 1.807) is 0 Å². The molecule has 0 radical (unpaired) electrons. The van der Waals surface area contributed by atoms with Gasteiger partial charge in [0.05, 0.1) is 10.7 Å². The van der Waals surface area contributed by atoms with E-state index < -0.39 is 0 Å². The van der Waals surface area contributed by atoms with E-state index in [0.717, 1.165) is 35.8 Å². The molecule has 0 aliphatic carbocycles. The molecule has 1 aliphatic rings. The second kappa shape index (κ2) is 3.66. The molecule has 1 aliphatic heterocycles. The van der Waals surface area contributed by atoms with E-state index in [9.17, 15) is 0 Å². The lowest BCUT2D eigenvalue weighted by molar-refractivity contribution is 0.790. The van der Waals surface area contributed by atoms with Gasteiger partial charge in [0.1, 0.15) is 11.6 Å². The van der Waals surface area contributed by atoms with E-state index in [1.165, 1.54) is 0 Å². The molecule has 0 saturated heterocycles. The molecule has 0 fully saturated rings. The number of hydrogen-bond donors (Lipinski definition) is 0. The Morgan fingerprint density at radius 1 is 1.47 bits per heavy atom. The number of nitrogens with zero attached hydrogens (tertiary/aromatic N) is 3. The molecule has 2 heterocycles. The van der Waals surface area contributed by atoms with Crippen molar-refractivity contribution in [3.8, 4) is 0 Å². The SMILES string of the molecule is C=CC1=C(C(=C)Cl)n2c(C)nnc2CC1. The van der Waals surface area contributed by atoms with Crippen LogP contribution >= 0.6 is 11.6 Å². The van der Waals surface area contributed by atoms with Gasteiger partial charge in [-0.05, 0) is 18.9 Å². The molecule has 4 heteroatoms. The van der Waals surface area contributed by atoms with Crippen LogP contribution in [-0.4, -0.2) is 14.8 Å². The maximum atomic E-state index is 6.01. The van der Waals surface area contributed by atoms with Crippen molar-refractivity contribution in [2.24, 2.45) is 0 Å². The van der Waals surface area contributed by atoms with Crippen molar-refractivity contribution in [1.82, 2.24) is 14.8 Å². The highest BCUT2D eigenvalue weighted by molar-refractivity contribution is 6.35. The lowest BCUT2D eigenvalue weighted by Gasteiger charge is -2.20. The summed E-state index contributed by atoms with van der Waals surface area (Å²) in [5.41, 5.74) is 1.99. The molecule has 0 saturated carbocycles. The van der Waals surface area contributed by atoms with Crippen molar-refractivity contribution in [3.63, 3.8) is 0 Å². The molecule has 0 atom stereocenters. The predicted octanol–water partition coefficient (Wildman–Crippen LogP) is 2.68. The van der Waals surface area contributed by atoms with Gasteiger partial charge in [0, 0.05) is 6.42 Å². The monoisotopic (exact) mass is 221 g/mol. The summed E-state index contributed by atoms with van der Waals surface area (Å²) in [6.45, 7) is 9.48. The van der Waals surface area contributed by atoms with Gasteiger partial charge < -0.3 is 0 Å². The second-order valence-electron chi connectivity index (χ2n) is 3.48. The van der Waals surface area contributed by atoms with E-state index in [-0.39, 0.29) is 0 Å². The first-order valence-corrected chi connectivity index (χ1v) is 5.14. The van der Waals surface area contributed by atoms with Gasteiger partial charge in [0.2, 0.25) is 0 Å². The largest absolute Gasteiger partial charge is 0.281 e. The number of aromatic nitrogens is 3. The van der Waals surface area contributed by atoms with Gasteiger partial charge in [-0.25, -0.2) is 0 Å². The summed E-state index contributed by atoms with van der Waals surface area (Å²) >= 11 is 6.01. The molecule has 15 heavy (non-hydrogen) atoms. The van der Waals surface area contributed by atoms with Gasteiger partial charge in [-0.2, -0.15) is 0 Å². The van der Waals surface area contributed by atoms with E-state index in [0.29, 0.717) is 5.03 Å². The minimum absolute atomic E-state index is 0.508. The predicted molar refractivity (Wildman–Crippen MR) is 61.5 cm³/mol. The van der Waals surface area contributed by atoms with Crippen LogP contribution in [0.25, 0.3) is 5.70 Å². The summed E-state index contributed by atoms with van der Waals surface area (Å²) in [5, 5.41) is 8.65. The van der Waals surface area contributed by atoms with E-state index in [2.05, 4.69) is 23.4 Å². The third-order valence-electron chi connectivity index (χ3n) is 2.54. The first-order chi connectivity index (χ1) is 7.15. The van der Waals surface area contributed by atoms with Crippen LogP contribution in [0.15, 0.2) is 29.8 Å². The molecule has 0 spiro atoms. The molecule has 78 valence electrons. The van der Waals surface area contributed by atoms with Crippen LogP contribution < -0.4 is 0 Å². The summed E-state index contributed by atoms with van der Waals surface area (Å²) in [6, 6.07) is 0. The fourth-order valence-corrected chi connectivity index (χ4v) is 2.07. The molecule has 3 nitrogen and oxygen atoms in total. The summed E-state index contributed by atoms with van der Waals surface area (Å²) in [4.78, 5) is 0. The minimum Gasteiger partial charge on any atom is -0.281 e. The van der Waals surface area contributed by atoms with Crippen LogP contribution in [-0.2, 0) is 6.42 Å². The summed E-state index contributed by atoms with van der Waals surface area (Å²) < 4.78 is 1.95. The third-order valence-corrected chi connectivity index (χ3v) is 2.72. The van der Waals surface area contributed by atoms with Gasteiger partial charge in [0.25, 0.3) is 0 Å². The van der Waals surface area contributed by atoms with E-state index in [4.69, 9.17) is 11.6 Å². The zero-order chi connectivity index (χ0) is 11.0. The van der Waals surface area contributed by atoms with Crippen molar-refractivity contribution >= 4 is 17.3 Å². The number of fused-ring (bicyclic) bond motifs is 1. The summed E-state index contributed by atoms with van der Waals surface area (Å²) in [7, 11) is 0. The van der Waals surface area contributed by atoms with Crippen molar-refractivity contribution in [2.45, 2.75) is 19.8 Å². The highest BCUT2D eigenvalue weighted by atomic mass is 35.5. The first-order valence-electron chi connectivity index (χ1n) is 4.76. The highest BCUT2D eigenvalue weighted by Crippen LogP contribution is 2.31. The number of halogens is 1. The molecular formula is C11H12ClN3. The van der Waals surface area contributed by atoms with Crippen molar-refractivity contribution in [2.75, 3.05) is 0 Å². The van der Waals surface area contributed by atoms with Gasteiger partial charge in [0.15, 0.2) is 0 Å². The second-order valence-corrected chi connectivity index (χ2v) is 3.94. The Kier molecular flexibility index (Phi) is 2.49. The van der Waals surface area contributed by atoms with E-state index >= 15 is 0 Å². The zero-order valence-electron chi connectivity index (χ0n) is 8.63. The maximum absolute atomic E-state index is 6.01. The summed E-state index contributed by atoms with van der Waals surface area (Å²) in [5.74, 6) is 1.77. The van der Waals surface area contributed by atoms with Crippen LogP contribution in [0, 0.1) is 6.92 Å². The van der Waals surface area contributed by atoms with Crippen molar-refractivity contribution < 1.29 is 0 Å². The summed E-state index contributed by atoms with van der Waals surface area (Å²) in [6.07, 6.45) is 3.59. The molecule has 1 aromatic rings. The smallest absolute Gasteiger partial charge is 0.137 e. The molecular weight excluding hydrogens is 210 g/mol. The van der Waals surface area contributed by atoms with Gasteiger partial charge in [-0.3, -0.25) is 4.57 Å². The van der Waals surface area contributed by atoms with Crippen LogP contribution in [0.1, 0.15) is 18.1 Å². The standard InChI is InChI=1S/C11H12ClN3/c1-4-9-5-6-10-14-13-8(3)15(10)11(9)7(2)12/h4H,1-2,5-6H2,3H3. The Morgan fingerprint density at radius 3 is 2.80 bits per heavy atom. The number of aryl methyl sites for hydroxylation is 2. The van der Waals surface area contributed by atoms with Crippen molar-refractivity contribution in [1.29, 1.82) is 0 Å². The Bertz CT molecular complexity index is 468. The van der Waals surface area contributed by atoms with Gasteiger partial charge in [-0.15, -0.1) is 10.2 Å². The van der Waals surface area contributed by atoms with Crippen LogP contribution in [0.5, 0.6) is 0 Å². The molecule has 0 unspecified atom stereocenters. The maximum Gasteiger partial charge on any atom is 0.137 e. The topological polar surface area (TPSA) is 30.7 Å². The number of allylic oxidation sites excluding steroid dienone is 4. The van der Waals surface area contributed by atoms with Gasteiger partial charge in [-0.1, -0.05) is 30.8 Å². The first kappa shape index (κ1) is 10.2. The van der Waals surface area contributed by atoms with Gasteiger partial charge >= 0.3 is 0 Å². The molecule has 0 bridgehead atoms. The average molecular weight is 222 g/mol. The highest BCUT2D eigenvalue weighted by Gasteiger charge is 2.21. The normalized spacial score (nSPS) is 15.1. The van der Waals surface area contributed by atoms with Crippen LogP contribution in [0.4, 0.5) is 0 Å². The Hall–Kier alpha value is -1.35. The lowest BCUT2D eigenvalue weighted by atomic mass is 10.0. The lowest BCUT2D eigenvalue weighted by Crippen LogP contribution is -2.12. The average Bonchev–Trinajstić information content (AvgIpc) is 2.59. The molecule has 0 N–H and O–H groups in total. The molecule has 1 aromatic heterocycles. The minimum atomic E-state index is 0.508. The zero-order valence-corrected chi connectivity index (χ0v) is 9.38. The Morgan fingerprint density at radius 2 is 2.20 bits per heavy atom. The van der Waals surface area contributed by atoms with Crippen LogP contribution in [0.3, 0.4) is 0 Å². The molecule has 2 rings (SSSR count). The Balaban J connectivity index is 2.69.